The SMILES string of the molecule is CC(c1ccccc1)C1(C)CCN(CCOc2ccccc2C(F)(F)F)CC1. The van der Waals surface area contributed by atoms with E-state index >= 15 is 0 Å². The molecular formula is C23H28F3NO. The smallest absolute Gasteiger partial charge is 0.419 e. The van der Waals surface area contributed by atoms with Gasteiger partial charge in [0.25, 0.3) is 0 Å². The molecule has 1 aliphatic rings. The molecule has 28 heavy (non-hydrogen) atoms. The summed E-state index contributed by atoms with van der Waals surface area (Å²) in [7, 11) is 0. The molecule has 0 radical (unpaired) electrons. The molecule has 2 nitrogen and oxygen atoms in total. The van der Waals surface area contributed by atoms with Crippen LogP contribution in [0.25, 0.3) is 0 Å². The van der Waals surface area contributed by atoms with Crippen LogP contribution in [0.4, 0.5) is 13.2 Å². The minimum absolute atomic E-state index is 0.0884. The van der Waals surface area contributed by atoms with Gasteiger partial charge in [-0.25, -0.2) is 0 Å². The molecule has 2 aromatic rings. The molecule has 0 aromatic heterocycles. The summed E-state index contributed by atoms with van der Waals surface area (Å²) in [5, 5.41) is 0. The molecule has 1 atom stereocenters. The Morgan fingerprint density at radius 1 is 1.00 bits per heavy atom. The lowest BCUT2D eigenvalue weighted by molar-refractivity contribution is -0.139. The fourth-order valence-electron chi connectivity index (χ4n) is 3.98. The zero-order chi connectivity index (χ0) is 20.2. The van der Waals surface area contributed by atoms with E-state index in [9.17, 15) is 13.2 Å². The minimum atomic E-state index is -4.39. The van der Waals surface area contributed by atoms with Crippen LogP contribution in [0.1, 0.15) is 43.7 Å². The van der Waals surface area contributed by atoms with E-state index in [1.165, 1.54) is 17.7 Å². The van der Waals surface area contributed by atoms with Crippen molar-refractivity contribution in [2.45, 2.75) is 38.8 Å². The first-order chi connectivity index (χ1) is 13.3. The van der Waals surface area contributed by atoms with Gasteiger partial charge in [0.2, 0.25) is 0 Å². The second-order valence-corrected chi connectivity index (χ2v) is 7.97. The molecule has 1 heterocycles. The Labute approximate surface area is 165 Å². The van der Waals surface area contributed by atoms with Crippen molar-refractivity contribution in [3.63, 3.8) is 0 Å². The predicted molar refractivity (Wildman–Crippen MR) is 106 cm³/mol. The summed E-state index contributed by atoms with van der Waals surface area (Å²) in [6, 6.07) is 16.0. The summed E-state index contributed by atoms with van der Waals surface area (Å²) >= 11 is 0. The van der Waals surface area contributed by atoms with Crippen LogP contribution in [0.2, 0.25) is 0 Å². The summed E-state index contributed by atoms with van der Waals surface area (Å²) in [5.74, 6) is 0.389. The van der Waals surface area contributed by atoms with E-state index in [4.69, 9.17) is 4.74 Å². The van der Waals surface area contributed by atoms with Crippen molar-refractivity contribution in [2.24, 2.45) is 5.41 Å². The Hall–Kier alpha value is -2.01. The molecule has 2 aromatic carbocycles. The summed E-state index contributed by atoms with van der Waals surface area (Å²) in [4.78, 5) is 2.29. The van der Waals surface area contributed by atoms with Crippen molar-refractivity contribution >= 4 is 0 Å². The van der Waals surface area contributed by atoms with Crippen LogP contribution in [0.15, 0.2) is 54.6 Å². The van der Waals surface area contributed by atoms with Crippen molar-refractivity contribution in [1.82, 2.24) is 4.90 Å². The molecule has 152 valence electrons. The highest BCUT2D eigenvalue weighted by molar-refractivity contribution is 5.35. The summed E-state index contributed by atoms with van der Waals surface area (Å²) in [5.41, 5.74) is 0.894. The second-order valence-electron chi connectivity index (χ2n) is 7.97. The molecule has 0 N–H and O–H groups in total. The minimum Gasteiger partial charge on any atom is -0.492 e. The number of para-hydroxylation sites is 1. The van der Waals surface area contributed by atoms with Crippen LogP contribution in [0, 0.1) is 5.41 Å². The number of ether oxygens (including phenoxy) is 1. The molecule has 3 rings (SSSR count). The third kappa shape index (κ3) is 4.88. The largest absolute Gasteiger partial charge is 0.492 e. The number of hydrogen-bond acceptors (Lipinski definition) is 2. The Morgan fingerprint density at radius 3 is 2.25 bits per heavy atom. The van der Waals surface area contributed by atoms with E-state index in [2.05, 4.69) is 43.0 Å². The van der Waals surface area contributed by atoms with E-state index < -0.39 is 11.7 Å². The highest BCUT2D eigenvalue weighted by Crippen LogP contribution is 2.43. The Kier molecular flexibility index (Phi) is 6.33. The maximum absolute atomic E-state index is 13.0. The predicted octanol–water partition coefficient (Wildman–Crippen LogP) is 5.99. The molecule has 0 saturated carbocycles. The average molecular weight is 391 g/mol. The molecule has 0 spiro atoms. The van der Waals surface area contributed by atoms with Crippen LogP contribution in [0.5, 0.6) is 5.75 Å². The molecule has 0 aliphatic carbocycles. The lowest BCUT2D eigenvalue weighted by Crippen LogP contribution is -2.42. The quantitative estimate of drug-likeness (QED) is 0.600. The number of nitrogens with zero attached hydrogens (tertiary/aromatic N) is 1. The Morgan fingerprint density at radius 2 is 1.61 bits per heavy atom. The molecule has 0 amide bonds. The molecule has 1 aliphatic heterocycles. The van der Waals surface area contributed by atoms with Gasteiger partial charge in [0.05, 0.1) is 5.56 Å². The molecule has 1 fully saturated rings. The number of likely N-dealkylation sites (tertiary alicyclic amines) is 1. The molecule has 5 heteroatoms. The second kappa shape index (κ2) is 8.56. The van der Waals surface area contributed by atoms with Gasteiger partial charge in [-0.15, -0.1) is 0 Å². The maximum atomic E-state index is 13.0. The lowest BCUT2D eigenvalue weighted by Gasteiger charge is -2.43. The summed E-state index contributed by atoms with van der Waals surface area (Å²) in [6.45, 7) is 7.43. The van der Waals surface area contributed by atoms with Gasteiger partial charge < -0.3 is 4.74 Å². The van der Waals surface area contributed by atoms with E-state index in [1.807, 2.05) is 6.07 Å². The molecule has 1 unspecified atom stereocenters. The Bertz CT molecular complexity index is 752. The van der Waals surface area contributed by atoms with Crippen molar-refractivity contribution < 1.29 is 17.9 Å². The van der Waals surface area contributed by atoms with Crippen LogP contribution in [-0.4, -0.2) is 31.1 Å². The van der Waals surface area contributed by atoms with Crippen molar-refractivity contribution in [3.8, 4) is 5.75 Å². The number of halogens is 3. The van der Waals surface area contributed by atoms with Gasteiger partial charge >= 0.3 is 6.18 Å². The molecule has 1 saturated heterocycles. The topological polar surface area (TPSA) is 12.5 Å². The van der Waals surface area contributed by atoms with Crippen LogP contribution in [0.3, 0.4) is 0 Å². The van der Waals surface area contributed by atoms with Gasteiger partial charge in [0, 0.05) is 6.54 Å². The maximum Gasteiger partial charge on any atom is 0.419 e. The lowest BCUT2D eigenvalue weighted by atomic mass is 9.68. The standard InChI is InChI=1S/C23H28F3NO/c1-18(19-8-4-3-5-9-19)22(2)12-14-27(15-13-22)16-17-28-21-11-7-6-10-20(21)23(24,25)26/h3-11,18H,12-17H2,1-2H3. The molecular weight excluding hydrogens is 363 g/mol. The first-order valence-corrected chi connectivity index (χ1v) is 9.86. The van der Waals surface area contributed by atoms with E-state index in [0.717, 1.165) is 32.0 Å². The van der Waals surface area contributed by atoms with Crippen LogP contribution >= 0.6 is 0 Å². The highest BCUT2D eigenvalue weighted by Gasteiger charge is 2.36. The number of rotatable bonds is 6. The number of piperidine rings is 1. The van der Waals surface area contributed by atoms with Crippen molar-refractivity contribution in [3.05, 3.63) is 65.7 Å². The van der Waals surface area contributed by atoms with Gasteiger partial charge in [-0.2, -0.15) is 13.2 Å². The van der Waals surface area contributed by atoms with Gasteiger partial charge in [0.15, 0.2) is 0 Å². The average Bonchev–Trinajstić information content (AvgIpc) is 2.69. The normalized spacial score (nSPS) is 18.6. The van der Waals surface area contributed by atoms with Crippen LogP contribution in [-0.2, 0) is 6.18 Å². The zero-order valence-electron chi connectivity index (χ0n) is 16.5. The van der Waals surface area contributed by atoms with Gasteiger partial charge in [-0.3, -0.25) is 4.90 Å². The van der Waals surface area contributed by atoms with Crippen molar-refractivity contribution in [2.75, 3.05) is 26.2 Å². The van der Waals surface area contributed by atoms with Crippen molar-refractivity contribution in [1.29, 1.82) is 0 Å². The third-order valence-electron chi connectivity index (χ3n) is 6.20. The van der Waals surface area contributed by atoms with Gasteiger partial charge in [0.1, 0.15) is 12.4 Å². The summed E-state index contributed by atoms with van der Waals surface area (Å²) in [6.07, 6.45) is -2.25. The van der Waals surface area contributed by atoms with E-state index in [1.54, 1.807) is 6.07 Å². The number of alkyl halides is 3. The fraction of sp³-hybridized carbons (Fsp3) is 0.478. The monoisotopic (exact) mass is 391 g/mol. The third-order valence-corrected chi connectivity index (χ3v) is 6.20. The summed E-state index contributed by atoms with van der Waals surface area (Å²) < 4.78 is 44.6. The fourth-order valence-corrected chi connectivity index (χ4v) is 3.98. The van der Waals surface area contributed by atoms with Gasteiger partial charge in [-0.05, 0) is 55.0 Å². The number of hydrogen-bond donors (Lipinski definition) is 0. The first-order valence-electron chi connectivity index (χ1n) is 9.86. The van der Waals surface area contributed by atoms with E-state index in [0.29, 0.717) is 12.5 Å². The zero-order valence-corrected chi connectivity index (χ0v) is 16.5. The highest BCUT2D eigenvalue weighted by atomic mass is 19.4. The number of benzene rings is 2. The Balaban J connectivity index is 1.50. The first kappa shape index (κ1) is 20.7. The van der Waals surface area contributed by atoms with Crippen LogP contribution < -0.4 is 4.74 Å². The molecule has 0 bridgehead atoms. The van der Waals surface area contributed by atoms with Gasteiger partial charge in [-0.1, -0.05) is 56.3 Å². The van der Waals surface area contributed by atoms with E-state index in [-0.39, 0.29) is 17.8 Å².